The maximum atomic E-state index is 13.3. The van der Waals surface area contributed by atoms with E-state index in [0.717, 1.165) is 21.6 Å². The summed E-state index contributed by atoms with van der Waals surface area (Å²) in [6, 6.07) is 16.0. The van der Waals surface area contributed by atoms with Crippen LogP contribution < -0.4 is 16.0 Å². The van der Waals surface area contributed by atoms with Crippen molar-refractivity contribution in [2.45, 2.75) is 52.7 Å². The second-order valence-corrected chi connectivity index (χ2v) is 14.9. The molecule has 2 aromatic carbocycles. The number of ketones is 1. The molecule has 1 aliphatic heterocycles. The number of piperazine rings is 1. The van der Waals surface area contributed by atoms with Crippen LogP contribution in [0.2, 0.25) is 5.02 Å². The second-order valence-electron chi connectivity index (χ2n) is 13.5. The van der Waals surface area contributed by atoms with Gasteiger partial charge in [-0.05, 0) is 49.8 Å². The van der Waals surface area contributed by atoms with Crippen molar-refractivity contribution >= 4 is 52.2 Å². The average Bonchev–Trinajstić information content (AvgIpc) is 3.60. The van der Waals surface area contributed by atoms with E-state index in [1.807, 2.05) is 69.3 Å². The van der Waals surface area contributed by atoms with Gasteiger partial charge in [0.1, 0.15) is 36.1 Å². The van der Waals surface area contributed by atoms with E-state index in [0.29, 0.717) is 66.6 Å². The number of aliphatic hydroxyl groups excluding tert-OH is 1. The molecule has 0 unspecified atom stereocenters. The fourth-order valence-electron chi connectivity index (χ4n) is 6.18. The van der Waals surface area contributed by atoms with Gasteiger partial charge in [0, 0.05) is 61.6 Å². The molecule has 0 saturated carbocycles. The Hall–Kier alpha value is -4.27. The zero-order valence-electron chi connectivity index (χ0n) is 29.9. The lowest BCUT2D eigenvalue weighted by atomic mass is 9.87. The molecule has 276 valence electrons. The van der Waals surface area contributed by atoms with Crippen LogP contribution >= 0.6 is 22.9 Å². The number of Topliss-reactive ketones (excluding diaryl/α,β-unsaturated/α-hetero) is 1. The van der Waals surface area contributed by atoms with E-state index in [4.69, 9.17) is 22.1 Å². The molecule has 3 heterocycles. The number of nitrogens with two attached hydrogens (primary N) is 1. The summed E-state index contributed by atoms with van der Waals surface area (Å²) in [7, 11) is 0. The molecule has 1 fully saturated rings. The number of aryl methyl sites for hydroxylation is 2. The van der Waals surface area contributed by atoms with E-state index in [1.165, 1.54) is 11.3 Å². The highest BCUT2D eigenvalue weighted by molar-refractivity contribution is 7.17. The van der Waals surface area contributed by atoms with Gasteiger partial charge in [-0.15, -0.1) is 11.3 Å². The number of hydrogen-bond donors (Lipinski definition) is 3. The van der Waals surface area contributed by atoms with Crippen molar-refractivity contribution in [3.8, 4) is 10.4 Å². The Morgan fingerprint density at radius 2 is 1.77 bits per heavy atom. The smallest absolute Gasteiger partial charge is 0.316 e. The van der Waals surface area contributed by atoms with Crippen molar-refractivity contribution in [2.75, 3.05) is 49.5 Å². The van der Waals surface area contributed by atoms with Crippen molar-refractivity contribution in [1.82, 2.24) is 19.9 Å². The van der Waals surface area contributed by atoms with Crippen LogP contribution in [-0.4, -0.2) is 94.1 Å². The van der Waals surface area contributed by atoms with Gasteiger partial charge in [0.25, 0.3) is 5.91 Å². The summed E-state index contributed by atoms with van der Waals surface area (Å²) in [6.45, 7) is 10.9. The van der Waals surface area contributed by atoms with E-state index in [-0.39, 0.29) is 24.9 Å². The number of halogens is 1. The largest absolute Gasteiger partial charge is 0.464 e. The average molecular weight is 748 g/mol. The number of nitrogens with zero attached hydrogens (tertiary/aromatic N) is 5. The Morgan fingerprint density at radius 3 is 2.46 bits per heavy atom. The molecule has 1 aliphatic rings. The van der Waals surface area contributed by atoms with E-state index in [9.17, 15) is 19.5 Å². The van der Waals surface area contributed by atoms with Crippen molar-refractivity contribution < 1.29 is 24.2 Å². The van der Waals surface area contributed by atoms with Gasteiger partial charge in [0.15, 0.2) is 10.8 Å². The highest BCUT2D eigenvalue weighted by Gasteiger charge is 2.36. The first kappa shape index (κ1) is 38.9. The molecule has 1 amide bonds. The van der Waals surface area contributed by atoms with Crippen molar-refractivity contribution in [1.29, 1.82) is 0 Å². The molecule has 2 aromatic heterocycles. The monoisotopic (exact) mass is 747 g/mol. The van der Waals surface area contributed by atoms with Crippen LogP contribution in [0.3, 0.4) is 0 Å². The zero-order chi connectivity index (χ0) is 37.4. The van der Waals surface area contributed by atoms with Gasteiger partial charge in [-0.2, -0.15) is 0 Å². The van der Waals surface area contributed by atoms with Gasteiger partial charge in [0.05, 0.1) is 4.88 Å². The van der Waals surface area contributed by atoms with E-state index < -0.39 is 29.8 Å². The number of carbonyl (C=O) groups excluding carboxylic acids is 3. The minimum atomic E-state index is -1.48. The van der Waals surface area contributed by atoms with Gasteiger partial charge in [-0.3, -0.25) is 19.3 Å². The lowest BCUT2D eigenvalue weighted by Crippen LogP contribution is -2.48. The van der Waals surface area contributed by atoms with Crippen LogP contribution in [0.1, 0.15) is 47.0 Å². The molecule has 5 rings (SSSR count). The molecular weight excluding hydrogens is 702 g/mol. The van der Waals surface area contributed by atoms with Crippen LogP contribution in [0.4, 0.5) is 11.6 Å². The number of ether oxygens (including phenoxy) is 1. The topological polar surface area (TPSA) is 164 Å². The highest BCUT2D eigenvalue weighted by atomic mass is 35.5. The molecule has 52 heavy (non-hydrogen) atoms. The summed E-state index contributed by atoms with van der Waals surface area (Å²) >= 11 is 7.69. The fraction of sp³-hybridized carbons (Fsp3) is 0.421. The van der Waals surface area contributed by atoms with E-state index in [2.05, 4.69) is 30.1 Å². The standard InChI is InChI=1S/C38H46ClN7O5S/c1-23(2)19-27(34(47)35(48)29(40)20-26-10-6-5-7-11-26)38(50)51-18-17-45-13-15-46(16-14-45)32-21-31(42-25(4)43-32)44-36(49)37-41-22-30(52-37)33-24(3)9-8-12-28(33)39/h5-12,21-23,27,29,35,48H,13-20,40H2,1-4H3,(H,42,43,44,49)/t27-,29+,35-/m0/s1. The Kier molecular flexibility index (Phi) is 13.5. The molecule has 3 atom stereocenters. The van der Waals surface area contributed by atoms with Crippen LogP contribution in [0.5, 0.6) is 0 Å². The minimum absolute atomic E-state index is 0.0372. The fourth-order valence-corrected chi connectivity index (χ4v) is 7.49. The minimum Gasteiger partial charge on any atom is -0.464 e. The molecule has 1 saturated heterocycles. The van der Waals surface area contributed by atoms with Crippen LogP contribution in [-0.2, 0) is 20.7 Å². The predicted octanol–water partition coefficient (Wildman–Crippen LogP) is 4.95. The van der Waals surface area contributed by atoms with Crippen molar-refractivity contribution in [2.24, 2.45) is 17.6 Å². The van der Waals surface area contributed by atoms with Crippen LogP contribution in [0.15, 0.2) is 60.8 Å². The molecule has 4 N–H and O–H groups in total. The number of aliphatic hydroxyl groups is 1. The lowest BCUT2D eigenvalue weighted by molar-refractivity contribution is -0.155. The van der Waals surface area contributed by atoms with Crippen molar-refractivity contribution in [3.63, 3.8) is 0 Å². The maximum absolute atomic E-state index is 13.3. The van der Waals surface area contributed by atoms with Gasteiger partial charge in [-0.1, -0.05) is 67.9 Å². The third kappa shape index (κ3) is 10.2. The van der Waals surface area contributed by atoms with Gasteiger partial charge in [-0.25, -0.2) is 15.0 Å². The van der Waals surface area contributed by atoms with Gasteiger partial charge >= 0.3 is 5.97 Å². The van der Waals surface area contributed by atoms with Crippen LogP contribution in [0.25, 0.3) is 10.4 Å². The molecule has 12 nitrogen and oxygen atoms in total. The summed E-state index contributed by atoms with van der Waals surface area (Å²) in [5.74, 6) is -1.07. The Morgan fingerprint density at radius 1 is 1.04 bits per heavy atom. The Balaban J connectivity index is 1.11. The molecular formula is C38H46ClN7O5S. The molecule has 4 aromatic rings. The van der Waals surface area contributed by atoms with Gasteiger partial charge < -0.3 is 25.8 Å². The number of thiazole rings is 1. The first-order chi connectivity index (χ1) is 24.9. The van der Waals surface area contributed by atoms with Gasteiger partial charge in [0.2, 0.25) is 0 Å². The lowest BCUT2D eigenvalue weighted by Gasteiger charge is -2.35. The van der Waals surface area contributed by atoms with Crippen molar-refractivity contribution in [3.05, 3.63) is 87.8 Å². The molecule has 0 aliphatic carbocycles. The molecule has 0 bridgehead atoms. The molecule has 0 radical (unpaired) electrons. The number of benzene rings is 2. The first-order valence-electron chi connectivity index (χ1n) is 17.4. The number of aromatic nitrogens is 3. The number of carbonyl (C=O) groups is 3. The number of rotatable bonds is 15. The van der Waals surface area contributed by atoms with E-state index in [1.54, 1.807) is 19.2 Å². The number of hydrogen-bond acceptors (Lipinski definition) is 12. The SMILES string of the molecule is Cc1nc(NC(=O)c2ncc(-c3c(C)cccc3Cl)s2)cc(N2CCN(CCOC(=O)[C@@H](CC(C)C)C(=O)[C@@H](O)[C@H](N)Cc3ccccc3)CC2)n1. The molecule has 14 heteroatoms. The third-order valence-corrected chi connectivity index (χ3v) is 10.3. The maximum Gasteiger partial charge on any atom is 0.316 e. The normalized spacial score (nSPS) is 15.3. The number of nitrogens with one attached hydrogen (secondary N) is 1. The summed E-state index contributed by atoms with van der Waals surface area (Å²) in [4.78, 5) is 58.0. The number of anilines is 2. The Bertz CT molecular complexity index is 1830. The first-order valence-corrected chi connectivity index (χ1v) is 18.6. The summed E-state index contributed by atoms with van der Waals surface area (Å²) in [6.07, 6.45) is 0.752. The zero-order valence-corrected chi connectivity index (χ0v) is 31.5. The highest BCUT2D eigenvalue weighted by Crippen LogP contribution is 2.35. The van der Waals surface area contributed by atoms with Crippen LogP contribution in [0, 0.1) is 25.7 Å². The summed E-state index contributed by atoms with van der Waals surface area (Å²) in [5.41, 5.74) is 8.95. The third-order valence-electron chi connectivity index (χ3n) is 8.93. The molecule has 0 spiro atoms. The predicted molar refractivity (Wildman–Crippen MR) is 204 cm³/mol. The number of esters is 1. The Labute approximate surface area is 313 Å². The van der Waals surface area contributed by atoms with E-state index >= 15 is 0 Å². The summed E-state index contributed by atoms with van der Waals surface area (Å²) < 4.78 is 5.59. The second kappa shape index (κ2) is 18.0. The number of amides is 1. The quantitative estimate of drug-likeness (QED) is 0.111. The summed E-state index contributed by atoms with van der Waals surface area (Å²) in [5, 5.41) is 14.5.